The molecule has 0 fully saturated rings. The van der Waals surface area contributed by atoms with Crippen LogP contribution in [0.2, 0.25) is 0 Å². The summed E-state index contributed by atoms with van der Waals surface area (Å²) in [5, 5.41) is 9.01. The van der Waals surface area contributed by atoms with Gasteiger partial charge in [-0.05, 0) is 144 Å². The van der Waals surface area contributed by atoms with Crippen LogP contribution in [0.1, 0.15) is 0 Å². The fourth-order valence-electron chi connectivity index (χ4n) is 5.15. The van der Waals surface area contributed by atoms with Gasteiger partial charge in [0.15, 0.2) is 22.5 Å². The molecule has 0 saturated carbocycles. The van der Waals surface area contributed by atoms with Gasteiger partial charge in [0, 0.05) is 0 Å². The van der Waals surface area contributed by atoms with E-state index in [1.165, 1.54) is 0 Å². The van der Waals surface area contributed by atoms with Crippen molar-refractivity contribution in [3.05, 3.63) is 30.3 Å². The smallest absolute Gasteiger partial charge is 0.252 e. The van der Waals surface area contributed by atoms with E-state index in [0.29, 0.717) is 5.69 Å². The highest BCUT2D eigenvalue weighted by Crippen LogP contribution is 2.78. The fraction of sp³-hybridized carbons (Fsp3) is 0.750. The van der Waals surface area contributed by atoms with Crippen LogP contribution in [-0.4, -0.2) is 169 Å². The summed E-state index contributed by atoms with van der Waals surface area (Å²) in [6.45, 7) is 0. The molecule has 0 N–H and O–H groups in total. The third-order valence-electron chi connectivity index (χ3n) is 6.63. The second kappa shape index (κ2) is 16.3. The summed E-state index contributed by atoms with van der Waals surface area (Å²) < 4.78 is 36.8. The van der Waals surface area contributed by atoms with Crippen molar-refractivity contribution in [1.29, 1.82) is 0 Å². The van der Waals surface area contributed by atoms with Gasteiger partial charge in [0.2, 0.25) is 0 Å². The minimum Gasteiger partial charge on any atom is -0.252 e. The number of rotatable bonds is 14. The van der Waals surface area contributed by atoms with Gasteiger partial charge in [0.25, 0.3) is 0 Å². The van der Waals surface area contributed by atoms with Crippen LogP contribution >= 0.6 is 30.0 Å². The summed E-state index contributed by atoms with van der Waals surface area (Å²) in [5.74, 6) is 0. The maximum atomic E-state index is 5.77. The van der Waals surface area contributed by atoms with Crippen molar-refractivity contribution in [3.63, 3.8) is 0 Å². The summed E-state index contributed by atoms with van der Waals surface area (Å²) in [6, 6.07) is 9.60. The molecule has 0 atom stereocenters. The Morgan fingerprint density at radius 2 is 0.651 bits per heavy atom. The molecule has 0 unspecified atom stereocenters. The maximum Gasteiger partial charge on any atom is 0.331 e. The van der Waals surface area contributed by atoms with Crippen LogP contribution in [0, 0.1) is 0 Å². The Kier molecular flexibility index (Phi) is 15.3. The molecule has 0 aliphatic heterocycles. The van der Waals surface area contributed by atoms with Crippen molar-refractivity contribution < 1.29 is 0 Å². The van der Waals surface area contributed by atoms with Gasteiger partial charge in [-0.25, -0.2) is 0 Å². The average molecular weight is 682 g/mol. The monoisotopic (exact) mass is 681 g/mol. The highest BCUT2D eigenvalue weighted by Gasteiger charge is 2.41. The Hall–Kier alpha value is -0.620. The summed E-state index contributed by atoms with van der Waals surface area (Å²) in [6.07, 6.45) is 0. The van der Waals surface area contributed by atoms with E-state index in [1.807, 2.05) is 30.3 Å². The third kappa shape index (κ3) is 8.60. The van der Waals surface area contributed by atoms with E-state index in [2.05, 4.69) is 179 Å². The number of hydrogen-bond donors (Lipinski definition) is 0. The minimum absolute atomic E-state index is 0.695. The van der Waals surface area contributed by atoms with Crippen LogP contribution in [0.15, 0.2) is 59.1 Å². The first-order valence-electron chi connectivity index (χ1n) is 13.8. The zero-order valence-corrected chi connectivity index (χ0v) is 33.5. The molecule has 19 heteroatoms. The highest BCUT2D eigenvalue weighted by atomic mass is 31.3. The van der Waals surface area contributed by atoms with Crippen molar-refractivity contribution >= 4 is 35.7 Å². The molecule has 0 heterocycles. The Bertz CT molecular complexity index is 1080. The second-order valence-electron chi connectivity index (χ2n) is 11.7. The molecule has 0 spiro atoms. The number of benzene rings is 1. The minimum atomic E-state index is -3.47. The summed E-state index contributed by atoms with van der Waals surface area (Å²) in [4.78, 5) is 5.06. The Morgan fingerprint density at radius 3 is 0.884 bits per heavy atom. The lowest BCUT2D eigenvalue weighted by atomic mass is 10.3. The molecule has 0 aliphatic carbocycles. The molecule has 0 saturated heterocycles. The quantitative estimate of drug-likeness (QED) is 0.123. The summed E-state index contributed by atoms with van der Waals surface area (Å²) in [5.41, 5.74) is 0.695. The predicted molar refractivity (Wildman–Crippen MR) is 192 cm³/mol. The van der Waals surface area contributed by atoms with E-state index in [-0.39, 0.29) is 0 Å². The van der Waals surface area contributed by atoms with Gasteiger partial charge in [0.1, 0.15) is 0 Å². The standard InChI is InChI=1S/C24H59N15P4/c1-31(2)41(32(3)4,33(5)6)28-40(27-26-25-24-22-20-19-21-23-24,29-42(34(7)8,35(9)10)36(11)12)30-43(37(13)14,38(15)16)39(17)18/h19-23H,1-18H3. The largest absolute Gasteiger partial charge is 0.331 e. The highest BCUT2D eigenvalue weighted by molar-refractivity contribution is 7.80. The fourth-order valence-corrected chi connectivity index (χ4v) is 23.2. The molecule has 0 aromatic heterocycles. The maximum absolute atomic E-state index is 5.77. The van der Waals surface area contributed by atoms with E-state index in [0.717, 1.165) is 0 Å². The van der Waals surface area contributed by atoms with Gasteiger partial charge >= 0.3 is 7.51 Å². The van der Waals surface area contributed by atoms with Crippen LogP contribution in [0.4, 0.5) is 5.69 Å². The molecular formula is C24H59N15P4. The van der Waals surface area contributed by atoms with Gasteiger partial charge < -0.3 is 0 Å². The molecule has 0 radical (unpaired) electrons. The van der Waals surface area contributed by atoms with Crippen LogP contribution < -0.4 is 0 Å². The van der Waals surface area contributed by atoms with Crippen LogP contribution in [-0.2, 0) is 0 Å². The lowest BCUT2D eigenvalue weighted by Gasteiger charge is -2.45. The van der Waals surface area contributed by atoms with Crippen molar-refractivity contribution in [2.45, 2.75) is 0 Å². The predicted octanol–water partition coefficient (Wildman–Crippen LogP) is 6.52. The van der Waals surface area contributed by atoms with E-state index in [1.54, 1.807) is 0 Å². The van der Waals surface area contributed by atoms with E-state index >= 15 is 0 Å². The van der Waals surface area contributed by atoms with Gasteiger partial charge in [-0.1, -0.05) is 23.1 Å². The normalized spacial score (nSPS) is 14.2. The average Bonchev–Trinajstić information content (AvgIpc) is 2.87. The Morgan fingerprint density at radius 1 is 0.395 bits per heavy atom. The SMILES string of the molecule is CN(C)P(=NP(=NN=Nc1ccccc1)(N=P(N(C)C)(N(C)C)N(C)C)N=P(N(C)C)(N(C)C)N(C)C)(N(C)C)N(C)C. The molecule has 0 amide bonds. The van der Waals surface area contributed by atoms with E-state index in [9.17, 15) is 0 Å². The summed E-state index contributed by atoms with van der Waals surface area (Å²) >= 11 is 0. The van der Waals surface area contributed by atoms with Crippen molar-refractivity contribution in [2.24, 2.45) is 28.7 Å². The first kappa shape index (κ1) is 40.4. The van der Waals surface area contributed by atoms with Gasteiger partial charge in [-0.15, -0.1) is 5.11 Å². The molecule has 250 valence electrons. The zero-order chi connectivity index (χ0) is 33.6. The molecular weight excluding hydrogens is 622 g/mol. The van der Waals surface area contributed by atoms with Crippen LogP contribution in [0.3, 0.4) is 0 Å². The number of hydrogen-bond acceptors (Lipinski definition) is 1. The first-order chi connectivity index (χ1) is 19.7. The topological polar surface area (TPSA) is 103 Å². The number of nitrogens with zero attached hydrogens (tertiary/aromatic N) is 15. The molecule has 1 aromatic carbocycles. The van der Waals surface area contributed by atoms with Gasteiger partial charge in [-0.2, -0.15) is 13.5 Å². The second-order valence-corrected chi connectivity index (χ2v) is 25.5. The van der Waals surface area contributed by atoms with Crippen LogP contribution in [0.25, 0.3) is 0 Å². The van der Waals surface area contributed by atoms with E-state index in [4.69, 9.17) is 18.4 Å². The Labute approximate surface area is 263 Å². The van der Waals surface area contributed by atoms with Crippen molar-refractivity contribution in [3.8, 4) is 0 Å². The zero-order valence-electron chi connectivity index (χ0n) is 29.9. The molecule has 1 rings (SSSR count). The molecule has 43 heavy (non-hydrogen) atoms. The third-order valence-corrected chi connectivity index (χ3v) is 22.4. The molecule has 15 nitrogen and oxygen atoms in total. The molecule has 0 bridgehead atoms. The lowest BCUT2D eigenvalue weighted by Crippen LogP contribution is -2.32. The lowest BCUT2D eigenvalue weighted by molar-refractivity contribution is 0.472. The van der Waals surface area contributed by atoms with Gasteiger partial charge in [0.05, 0.1) is 5.69 Å². The van der Waals surface area contributed by atoms with E-state index < -0.39 is 30.0 Å². The van der Waals surface area contributed by atoms with Crippen molar-refractivity contribution in [1.82, 2.24) is 42.0 Å². The summed E-state index contributed by atoms with van der Waals surface area (Å²) in [7, 11) is 25.7. The first-order valence-corrected chi connectivity index (χ1v) is 20.2. The van der Waals surface area contributed by atoms with Gasteiger partial charge in [-0.3, -0.25) is 42.0 Å². The van der Waals surface area contributed by atoms with Crippen LogP contribution in [0.5, 0.6) is 0 Å². The van der Waals surface area contributed by atoms with Crippen molar-refractivity contribution in [2.75, 3.05) is 127 Å². The molecule has 1 aromatic rings. The Balaban J connectivity index is 5.00. The molecule has 0 aliphatic rings.